The van der Waals surface area contributed by atoms with Gasteiger partial charge in [-0.3, -0.25) is 9.59 Å². The molecule has 96 valence electrons. The largest absolute Gasteiger partial charge is 0.330 e. The molecule has 0 bridgehead atoms. The minimum absolute atomic E-state index is 0.0374. The number of carbonyl (C=O) groups is 2. The molecule has 0 unspecified atom stereocenters. The maximum absolute atomic E-state index is 11.8. The number of hydrogen-bond donors (Lipinski definition) is 2. The van der Waals surface area contributed by atoms with Gasteiger partial charge in [0.1, 0.15) is 0 Å². The van der Waals surface area contributed by atoms with Crippen LogP contribution in [0.2, 0.25) is 0 Å². The molecule has 2 N–H and O–H groups in total. The van der Waals surface area contributed by atoms with Crippen molar-refractivity contribution in [3.63, 3.8) is 0 Å². The molecule has 0 saturated heterocycles. The molecule has 1 aromatic rings. The van der Waals surface area contributed by atoms with E-state index in [-0.39, 0.29) is 17.6 Å². The van der Waals surface area contributed by atoms with Crippen molar-refractivity contribution in [1.29, 1.82) is 0 Å². The summed E-state index contributed by atoms with van der Waals surface area (Å²) >= 11 is 3.95. The molecule has 0 saturated carbocycles. The van der Waals surface area contributed by atoms with Crippen LogP contribution >= 0.6 is 12.6 Å². The third-order valence-electron chi connectivity index (χ3n) is 3.06. The summed E-state index contributed by atoms with van der Waals surface area (Å²) < 4.78 is 0. The monoisotopic (exact) mass is 264 g/mol. The van der Waals surface area contributed by atoms with Crippen LogP contribution in [0.15, 0.2) is 18.2 Å². The normalized spacial score (nSPS) is 14.6. The van der Waals surface area contributed by atoms with E-state index in [1.165, 1.54) is 4.90 Å². The van der Waals surface area contributed by atoms with Crippen molar-refractivity contribution >= 4 is 30.1 Å². The number of aryl methyl sites for hydroxylation is 1. The third-order valence-corrected chi connectivity index (χ3v) is 3.33. The predicted molar refractivity (Wildman–Crippen MR) is 73.9 cm³/mol. The maximum Gasteiger partial charge on any atom is 0.243 e. The summed E-state index contributed by atoms with van der Waals surface area (Å²) in [4.78, 5) is 24.8. The van der Waals surface area contributed by atoms with E-state index in [0.29, 0.717) is 25.1 Å². The SMILES string of the molecule is NCCc1ccc2c(c1)CCC(=O)N2C(=O)CS. The smallest absolute Gasteiger partial charge is 0.243 e. The van der Waals surface area contributed by atoms with Crippen molar-refractivity contribution in [2.24, 2.45) is 5.73 Å². The average molecular weight is 264 g/mol. The minimum atomic E-state index is -0.268. The molecular formula is C13H16N2O2S. The van der Waals surface area contributed by atoms with Crippen molar-refractivity contribution in [1.82, 2.24) is 0 Å². The fourth-order valence-corrected chi connectivity index (χ4v) is 2.35. The predicted octanol–water partition coefficient (Wildman–Crippen LogP) is 0.923. The van der Waals surface area contributed by atoms with Gasteiger partial charge in [-0.25, -0.2) is 4.90 Å². The number of thiol groups is 1. The second-order valence-electron chi connectivity index (χ2n) is 4.28. The molecule has 0 aliphatic carbocycles. The number of imide groups is 1. The molecule has 1 aliphatic rings. The molecule has 0 aromatic heterocycles. The van der Waals surface area contributed by atoms with Crippen molar-refractivity contribution in [3.8, 4) is 0 Å². The maximum atomic E-state index is 11.8. The van der Waals surface area contributed by atoms with Gasteiger partial charge in [-0.2, -0.15) is 12.6 Å². The van der Waals surface area contributed by atoms with Gasteiger partial charge in [0.25, 0.3) is 0 Å². The molecule has 0 spiro atoms. The molecule has 1 aromatic carbocycles. The molecule has 2 amide bonds. The van der Waals surface area contributed by atoms with Crippen molar-refractivity contribution in [3.05, 3.63) is 29.3 Å². The Bertz CT molecular complexity index is 488. The standard InChI is InChI=1S/C13H16N2O2S/c14-6-5-9-1-3-11-10(7-9)2-4-12(16)15(11)13(17)8-18/h1,3,7,18H,2,4-6,8,14H2. The van der Waals surface area contributed by atoms with E-state index >= 15 is 0 Å². The zero-order valence-corrected chi connectivity index (χ0v) is 11.0. The van der Waals surface area contributed by atoms with Crippen LogP contribution in [0.1, 0.15) is 17.5 Å². The zero-order chi connectivity index (χ0) is 13.1. The summed E-state index contributed by atoms with van der Waals surface area (Å²) in [5.74, 6) is -0.376. The average Bonchev–Trinajstić information content (AvgIpc) is 2.38. The van der Waals surface area contributed by atoms with Gasteiger partial charge in [-0.15, -0.1) is 0 Å². The Labute approximate surface area is 112 Å². The Morgan fingerprint density at radius 3 is 2.83 bits per heavy atom. The van der Waals surface area contributed by atoms with E-state index in [4.69, 9.17) is 5.73 Å². The molecule has 18 heavy (non-hydrogen) atoms. The highest BCUT2D eigenvalue weighted by Gasteiger charge is 2.28. The molecule has 0 atom stereocenters. The van der Waals surface area contributed by atoms with Crippen LogP contribution in [-0.4, -0.2) is 24.1 Å². The fraction of sp³-hybridized carbons (Fsp3) is 0.385. The Kier molecular flexibility index (Phi) is 4.04. The van der Waals surface area contributed by atoms with E-state index in [1.807, 2.05) is 18.2 Å². The highest BCUT2D eigenvalue weighted by Crippen LogP contribution is 2.29. The van der Waals surface area contributed by atoms with Crippen LogP contribution in [-0.2, 0) is 22.4 Å². The van der Waals surface area contributed by atoms with Gasteiger partial charge >= 0.3 is 0 Å². The van der Waals surface area contributed by atoms with Gasteiger partial charge in [-0.1, -0.05) is 12.1 Å². The Balaban J connectivity index is 2.38. The lowest BCUT2D eigenvalue weighted by Gasteiger charge is -2.27. The molecule has 1 aliphatic heterocycles. The van der Waals surface area contributed by atoms with Crippen LogP contribution < -0.4 is 10.6 Å². The first kappa shape index (κ1) is 13.1. The van der Waals surface area contributed by atoms with Crippen LogP contribution in [0.3, 0.4) is 0 Å². The van der Waals surface area contributed by atoms with Gasteiger partial charge in [0.05, 0.1) is 11.4 Å². The van der Waals surface area contributed by atoms with Crippen LogP contribution in [0.25, 0.3) is 0 Å². The number of nitrogens with two attached hydrogens (primary N) is 1. The van der Waals surface area contributed by atoms with Crippen molar-refractivity contribution in [2.45, 2.75) is 19.3 Å². The van der Waals surface area contributed by atoms with Crippen molar-refractivity contribution in [2.75, 3.05) is 17.2 Å². The van der Waals surface area contributed by atoms with E-state index in [0.717, 1.165) is 17.5 Å². The number of benzene rings is 1. The lowest BCUT2D eigenvalue weighted by Crippen LogP contribution is -2.41. The zero-order valence-electron chi connectivity index (χ0n) is 10.1. The summed E-state index contributed by atoms with van der Waals surface area (Å²) in [5, 5.41) is 0. The summed E-state index contributed by atoms with van der Waals surface area (Å²) in [6.45, 7) is 0.594. The number of carbonyl (C=O) groups excluding carboxylic acids is 2. The second-order valence-corrected chi connectivity index (χ2v) is 4.60. The molecule has 0 fully saturated rings. The van der Waals surface area contributed by atoms with Crippen LogP contribution in [0.4, 0.5) is 5.69 Å². The summed E-state index contributed by atoms with van der Waals surface area (Å²) in [7, 11) is 0. The number of anilines is 1. The van der Waals surface area contributed by atoms with Gasteiger partial charge in [0, 0.05) is 6.42 Å². The quantitative estimate of drug-likeness (QED) is 0.798. The second kappa shape index (κ2) is 5.54. The molecular weight excluding hydrogens is 248 g/mol. The van der Waals surface area contributed by atoms with E-state index in [9.17, 15) is 9.59 Å². The summed E-state index contributed by atoms with van der Waals surface area (Å²) in [6.07, 6.45) is 1.86. The van der Waals surface area contributed by atoms with Crippen molar-refractivity contribution < 1.29 is 9.59 Å². The molecule has 5 heteroatoms. The molecule has 2 rings (SSSR count). The van der Waals surface area contributed by atoms with Crippen LogP contribution in [0.5, 0.6) is 0 Å². The highest BCUT2D eigenvalue weighted by molar-refractivity contribution is 7.81. The van der Waals surface area contributed by atoms with Gasteiger partial charge < -0.3 is 5.73 Å². The van der Waals surface area contributed by atoms with Gasteiger partial charge in [0.2, 0.25) is 11.8 Å². The first-order valence-corrected chi connectivity index (χ1v) is 6.59. The highest BCUT2D eigenvalue weighted by atomic mass is 32.1. The number of nitrogens with zero attached hydrogens (tertiary/aromatic N) is 1. The molecule has 1 heterocycles. The number of fused-ring (bicyclic) bond motifs is 1. The number of amides is 2. The number of rotatable bonds is 3. The van der Waals surface area contributed by atoms with E-state index in [1.54, 1.807) is 0 Å². The van der Waals surface area contributed by atoms with E-state index < -0.39 is 0 Å². The fourth-order valence-electron chi connectivity index (χ4n) is 2.21. The first-order valence-electron chi connectivity index (χ1n) is 5.96. The molecule has 4 nitrogen and oxygen atoms in total. The summed E-state index contributed by atoms with van der Waals surface area (Å²) in [6, 6.07) is 5.79. The Hall–Kier alpha value is -1.33. The lowest BCUT2D eigenvalue weighted by molar-refractivity contribution is -0.125. The minimum Gasteiger partial charge on any atom is -0.330 e. The third kappa shape index (κ3) is 2.42. The Morgan fingerprint density at radius 1 is 1.39 bits per heavy atom. The summed E-state index contributed by atoms with van der Waals surface area (Å²) in [5.41, 5.74) is 8.41. The molecule has 0 radical (unpaired) electrons. The van der Waals surface area contributed by atoms with Gasteiger partial charge in [0.15, 0.2) is 0 Å². The first-order chi connectivity index (χ1) is 8.67. The lowest BCUT2D eigenvalue weighted by atomic mass is 9.97. The number of hydrogen-bond acceptors (Lipinski definition) is 4. The topological polar surface area (TPSA) is 63.4 Å². The van der Waals surface area contributed by atoms with Crippen LogP contribution in [0, 0.1) is 0 Å². The van der Waals surface area contributed by atoms with E-state index in [2.05, 4.69) is 12.6 Å². The van der Waals surface area contributed by atoms with Gasteiger partial charge in [-0.05, 0) is 36.6 Å². The Morgan fingerprint density at radius 2 is 2.17 bits per heavy atom.